The number of hydrogen-bond donors (Lipinski definition) is 2. The van der Waals surface area contributed by atoms with Gasteiger partial charge in [0, 0.05) is 40.3 Å². The molecule has 0 bridgehead atoms. The highest BCUT2D eigenvalue weighted by molar-refractivity contribution is 5.84. The van der Waals surface area contributed by atoms with Gasteiger partial charge in [-0.1, -0.05) is 24.3 Å². The molecule has 1 aliphatic rings. The van der Waals surface area contributed by atoms with Crippen LogP contribution < -0.4 is 10.6 Å². The molecule has 2 N–H and O–H groups in total. The lowest BCUT2D eigenvalue weighted by molar-refractivity contribution is -0.127. The van der Waals surface area contributed by atoms with Crippen LogP contribution in [-0.2, 0) is 9.53 Å². The SMILES string of the molecule is C=C(C)CNC(=NCC(=O)N(C)C)NCC(c1ccc(F)cc1)N1CCOCC1. The lowest BCUT2D eigenvalue weighted by Crippen LogP contribution is -2.46. The van der Waals surface area contributed by atoms with Crippen molar-refractivity contribution in [3.8, 4) is 0 Å². The second kappa shape index (κ2) is 11.5. The molecule has 8 heteroatoms. The number of rotatable bonds is 8. The summed E-state index contributed by atoms with van der Waals surface area (Å²) in [5.74, 6) is 0.211. The fourth-order valence-electron chi connectivity index (χ4n) is 2.92. The summed E-state index contributed by atoms with van der Waals surface area (Å²) in [4.78, 5) is 20.1. The van der Waals surface area contributed by atoms with Crippen LogP contribution in [0.15, 0.2) is 41.4 Å². The molecule has 0 aliphatic carbocycles. The van der Waals surface area contributed by atoms with Crippen LogP contribution in [0.5, 0.6) is 0 Å². The van der Waals surface area contributed by atoms with Crippen LogP contribution in [0.1, 0.15) is 18.5 Å². The first kappa shape index (κ1) is 22.8. The van der Waals surface area contributed by atoms with Gasteiger partial charge in [-0.2, -0.15) is 0 Å². The van der Waals surface area contributed by atoms with Crippen LogP contribution in [0.4, 0.5) is 4.39 Å². The third-order valence-corrected chi connectivity index (χ3v) is 4.63. The van der Waals surface area contributed by atoms with Gasteiger partial charge in [0.2, 0.25) is 5.91 Å². The molecular weight excluding hydrogens is 373 g/mol. The second-order valence-corrected chi connectivity index (χ2v) is 7.36. The molecule has 1 aromatic rings. The standard InChI is InChI=1S/C21H32FN5O2/c1-16(2)13-23-21(25-15-20(28)26(3)4)24-14-19(27-9-11-29-12-10-27)17-5-7-18(22)8-6-17/h5-8,19H,1,9-15H2,2-4H3,(H2,23,24,25). The van der Waals surface area contributed by atoms with Gasteiger partial charge in [0.05, 0.1) is 19.3 Å². The van der Waals surface area contributed by atoms with Crippen molar-refractivity contribution in [3.63, 3.8) is 0 Å². The van der Waals surface area contributed by atoms with E-state index in [0.29, 0.717) is 32.3 Å². The van der Waals surface area contributed by atoms with Crippen LogP contribution in [0.3, 0.4) is 0 Å². The topological polar surface area (TPSA) is 69.2 Å². The number of carbonyl (C=O) groups excluding carboxylic acids is 1. The van der Waals surface area contributed by atoms with Gasteiger partial charge in [-0.25, -0.2) is 9.38 Å². The maximum Gasteiger partial charge on any atom is 0.243 e. The molecule has 1 aliphatic heterocycles. The zero-order chi connectivity index (χ0) is 21.2. The number of nitrogens with one attached hydrogen (secondary N) is 2. The molecule has 0 radical (unpaired) electrons. The average molecular weight is 406 g/mol. The molecule has 1 saturated heterocycles. The maximum atomic E-state index is 13.4. The molecule has 1 amide bonds. The fourth-order valence-corrected chi connectivity index (χ4v) is 2.92. The normalized spacial score (nSPS) is 16.2. The minimum atomic E-state index is -0.255. The Kier molecular flexibility index (Phi) is 9.08. The highest BCUT2D eigenvalue weighted by Gasteiger charge is 2.23. The summed E-state index contributed by atoms with van der Waals surface area (Å²) < 4.78 is 18.9. The van der Waals surface area contributed by atoms with Gasteiger partial charge in [0.1, 0.15) is 12.4 Å². The smallest absolute Gasteiger partial charge is 0.243 e. The van der Waals surface area contributed by atoms with Gasteiger partial charge in [-0.15, -0.1) is 0 Å². The van der Waals surface area contributed by atoms with E-state index in [2.05, 4.69) is 27.1 Å². The number of guanidine groups is 1. The lowest BCUT2D eigenvalue weighted by Gasteiger charge is -2.35. The zero-order valence-electron chi connectivity index (χ0n) is 17.6. The number of aliphatic imine (C=N–C) groups is 1. The molecular formula is C21H32FN5O2. The zero-order valence-corrected chi connectivity index (χ0v) is 17.6. The number of halogens is 1. The lowest BCUT2D eigenvalue weighted by atomic mass is 10.0. The van der Waals surface area contributed by atoms with Gasteiger partial charge in [0.15, 0.2) is 5.96 Å². The summed E-state index contributed by atoms with van der Waals surface area (Å²) in [6, 6.07) is 6.61. The Labute approximate surface area is 172 Å². The second-order valence-electron chi connectivity index (χ2n) is 7.36. The van der Waals surface area contributed by atoms with Crippen molar-refractivity contribution in [2.45, 2.75) is 13.0 Å². The molecule has 1 atom stereocenters. The summed E-state index contributed by atoms with van der Waals surface area (Å²) in [5.41, 5.74) is 1.98. The van der Waals surface area contributed by atoms with Gasteiger partial charge < -0.3 is 20.3 Å². The van der Waals surface area contributed by atoms with Crippen LogP contribution in [0, 0.1) is 5.82 Å². The molecule has 0 saturated carbocycles. The van der Waals surface area contributed by atoms with Gasteiger partial charge in [-0.05, 0) is 24.6 Å². The molecule has 1 unspecified atom stereocenters. The molecule has 1 aromatic carbocycles. The number of nitrogens with zero attached hydrogens (tertiary/aromatic N) is 3. The number of ether oxygens (including phenoxy) is 1. The Balaban J connectivity index is 2.12. The van der Waals surface area contributed by atoms with E-state index in [9.17, 15) is 9.18 Å². The van der Waals surface area contributed by atoms with Crippen molar-refractivity contribution < 1.29 is 13.9 Å². The molecule has 0 spiro atoms. The average Bonchev–Trinajstić information content (AvgIpc) is 2.71. The molecule has 160 valence electrons. The third-order valence-electron chi connectivity index (χ3n) is 4.63. The van der Waals surface area contributed by atoms with E-state index < -0.39 is 0 Å². The minimum Gasteiger partial charge on any atom is -0.379 e. The predicted octanol–water partition coefficient (Wildman–Crippen LogP) is 1.40. The summed E-state index contributed by atoms with van der Waals surface area (Å²) in [7, 11) is 3.41. The van der Waals surface area contributed by atoms with E-state index in [4.69, 9.17) is 4.74 Å². The summed E-state index contributed by atoms with van der Waals surface area (Å²) in [6.45, 7) is 9.93. The van der Waals surface area contributed by atoms with Gasteiger partial charge in [0.25, 0.3) is 0 Å². The van der Waals surface area contributed by atoms with Crippen molar-refractivity contribution in [2.24, 2.45) is 4.99 Å². The van der Waals surface area contributed by atoms with Crippen LogP contribution in [0.25, 0.3) is 0 Å². The van der Waals surface area contributed by atoms with Crippen molar-refractivity contribution in [1.82, 2.24) is 20.4 Å². The number of likely N-dealkylation sites (N-methyl/N-ethyl adjacent to an activating group) is 1. The molecule has 1 heterocycles. The Hall–Kier alpha value is -2.45. The van der Waals surface area contributed by atoms with Gasteiger partial charge in [-0.3, -0.25) is 9.69 Å². The van der Waals surface area contributed by atoms with Crippen molar-refractivity contribution >= 4 is 11.9 Å². The molecule has 29 heavy (non-hydrogen) atoms. The largest absolute Gasteiger partial charge is 0.379 e. The van der Waals surface area contributed by atoms with Crippen molar-refractivity contribution in [1.29, 1.82) is 0 Å². The first-order valence-corrected chi connectivity index (χ1v) is 9.81. The van der Waals surface area contributed by atoms with Crippen LogP contribution in [0.2, 0.25) is 0 Å². The van der Waals surface area contributed by atoms with Crippen molar-refractivity contribution in [2.75, 3.05) is 60.0 Å². The highest BCUT2D eigenvalue weighted by atomic mass is 19.1. The fraction of sp³-hybridized carbons (Fsp3) is 0.524. The summed E-state index contributed by atoms with van der Waals surface area (Å²) >= 11 is 0. The Morgan fingerprint density at radius 1 is 1.28 bits per heavy atom. The Bertz CT molecular complexity index is 700. The van der Waals surface area contributed by atoms with Gasteiger partial charge >= 0.3 is 0 Å². The predicted molar refractivity (Wildman–Crippen MR) is 113 cm³/mol. The van der Waals surface area contributed by atoms with Crippen LogP contribution >= 0.6 is 0 Å². The number of hydrogen-bond acceptors (Lipinski definition) is 4. The van der Waals surface area contributed by atoms with E-state index in [0.717, 1.165) is 24.2 Å². The number of morpholine rings is 1. The number of benzene rings is 1. The quantitative estimate of drug-likeness (QED) is 0.389. The van der Waals surface area contributed by atoms with E-state index in [-0.39, 0.29) is 24.3 Å². The highest BCUT2D eigenvalue weighted by Crippen LogP contribution is 2.21. The molecule has 1 fully saturated rings. The Morgan fingerprint density at radius 3 is 2.52 bits per heavy atom. The monoisotopic (exact) mass is 405 g/mol. The first-order valence-electron chi connectivity index (χ1n) is 9.81. The number of carbonyl (C=O) groups is 1. The van der Waals surface area contributed by atoms with E-state index in [1.165, 1.54) is 17.0 Å². The summed E-state index contributed by atoms with van der Waals surface area (Å²) in [6.07, 6.45) is 0. The minimum absolute atomic E-state index is 0.0286. The molecule has 2 rings (SSSR count). The number of amides is 1. The maximum absolute atomic E-state index is 13.4. The van der Waals surface area contributed by atoms with E-state index in [1.54, 1.807) is 14.1 Å². The third kappa shape index (κ3) is 7.83. The first-order chi connectivity index (χ1) is 13.9. The Morgan fingerprint density at radius 2 is 1.93 bits per heavy atom. The van der Waals surface area contributed by atoms with Crippen LogP contribution in [-0.4, -0.2) is 81.7 Å². The molecule has 0 aromatic heterocycles. The van der Waals surface area contributed by atoms with Crippen molar-refractivity contribution in [3.05, 3.63) is 47.8 Å². The molecule has 7 nitrogen and oxygen atoms in total. The summed E-state index contributed by atoms with van der Waals surface area (Å²) in [5, 5.41) is 6.53. The van der Waals surface area contributed by atoms with E-state index >= 15 is 0 Å². The van der Waals surface area contributed by atoms with E-state index in [1.807, 2.05) is 19.1 Å².